The minimum Gasteiger partial charge on any atom is -0.465 e. The Labute approximate surface area is 171 Å². The number of alkyl halides is 3. The van der Waals surface area contributed by atoms with Crippen LogP contribution < -0.4 is 4.74 Å². The summed E-state index contributed by atoms with van der Waals surface area (Å²) in [5.74, 6) is 0.337. The topological polar surface area (TPSA) is 62.7 Å². The first-order valence-electron chi connectivity index (χ1n) is 9.10. The molecule has 2 atom stereocenters. The number of aromatic nitrogens is 1. The molecule has 1 heterocycles. The summed E-state index contributed by atoms with van der Waals surface area (Å²) < 4.78 is 47.7. The second-order valence-corrected chi connectivity index (χ2v) is 6.54. The molecule has 0 saturated heterocycles. The molecule has 0 saturated carbocycles. The van der Waals surface area contributed by atoms with Gasteiger partial charge in [-0.15, -0.1) is 0 Å². The van der Waals surface area contributed by atoms with Crippen molar-refractivity contribution >= 4 is 6.09 Å². The summed E-state index contributed by atoms with van der Waals surface area (Å²) in [6.45, 7) is 1.41. The number of carbonyl (C=O) groups is 1. The van der Waals surface area contributed by atoms with Gasteiger partial charge in [-0.25, -0.2) is 9.78 Å². The highest BCUT2D eigenvalue weighted by Gasteiger charge is 2.49. The van der Waals surface area contributed by atoms with Crippen LogP contribution in [0.4, 0.5) is 18.0 Å². The summed E-state index contributed by atoms with van der Waals surface area (Å²) in [4.78, 5) is 16.3. The monoisotopic (exact) mass is 416 g/mol. The summed E-state index contributed by atoms with van der Waals surface area (Å²) >= 11 is 0. The van der Waals surface area contributed by atoms with Crippen LogP contribution in [0.25, 0.3) is 0 Å². The molecule has 156 valence electrons. The van der Waals surface area contributed by atoms with Crippen molar-refractivity contribution in [3.05, 3.63) is 90.1 Å². The van der Waals surface area contributed by atoms with E-state index in [4.69, 9.17) is 4.74 Å². The van der Waals surface area contributed by atoms with Gasteiger partial charge < -0.3 is 9.84 Å². The second kappa shape index (κ2) is 8.86. The maximum atomic E-state index is 14.1. The second-order valence-electron chi connectivity index (χ2n) is 6.54. The first-order chi connectivity index (χ1) is 14.3. The van der Waals surface area contributed by atoms with Crippen molar-refractivity contribution in [2.45, 2.75) is 25.2 Å². The maximum Gasteiger partial charge on any atom is 0.414 e. The lowest BCUT2D eigenvalue weighted by Crippen LogP contribution is -2.43. The van der Waals surface area contributed by atoms with E-state index in [2.05, 4.69) is 4.98 Å². The van der Waals surface area contributed by atoms with Crippen molar-refractivity contribution in [2.24, 2.45) is 0 Å². The third kappa shape index (κ3) is 4.89. The Morgan fingerprint density at radius 2 is 1.57 bits per heavy atom. The van der Waals surface area contributed by atoms with Gasteiger partial charge in [-0.05, 0) is 30.7 Å². The van der Waals surface area contributed by atoms with Crippen LogP contribution >= 0.6 is 0 Å². The molecular formula is C22H19F3N2O3. The molecule has 3 rings (SSSR count). The Bertz CT molecular complexity index is 982. The quantitative estimate of drug-likeness (QED) is 0.518. The lowest BCUT2D eigenvalue weighted by Gasteiger charge is -2.35. The zero-order valence-electron chi connectivity index (χ0n) is 16.0. The van der Waals surface area contributed by atoms with E-state index >= 15 is 0 Å². The number of benzene rings is 2. The number of nitrogens with zero attached hydrogens (tertiary/aromatic N) is 2. The van der Waals surface area contributed by atoms with Crippen molar-refractivity contribution in [1.29, 1.82) is 0 Å². The number of ether oxygens (including phenoxy) is 1. The fourth-order valence-corrected chi connectivity index (χ4v) is 3.11. The first kappa shape index (κ1) is 21.2. The Morgan fingerprint density at radius 3 is 2.13 bits per heavy atom. The summed E-state index contributed by atoms with van der Waals surface area (Å²) in [7, 11) is 0. The number of pyridine rings is 1. The number of para-hydroxylation sites is 1. The van der Waals surface area contributed by atoms with Gasteiger partial charge in [-0.1, -0.05) is 54.6 Å². The average Bonchev–Trinajstić information content (AvgIpc) is 2.72. The van der Waals surface area contributed by atoms with E-state index in [0.717, 1.165) is 6.07 Å². The molecule has 0 bridgehead atoms. The average molecular weight is 416 g/mol. The molecular weight excluding hydrogens is 397 g/mol. The minimum absolute atomic E-state index is 0.0642. The number of hydrogen-bond acceptors (Lipinski definition) is 3. The summed E-state index contributed by atoms with van der Waals surface area (Å²) in [6.07, 6.45) is -6.59. The largest absolute Gasteiger partial charge is 0.465 e. The zero-order chi connectivity index (χ0) is 21.7. The number of halogens is 3. The van der Waals surface area contributed by atoms with Crippen LogP contribution in [0.1, 0.15) is 30.3 Å². The zero-order valence-corrected chi connectivity index (χ0v) is 16.0. The minimum atomic E-state index is -4.89. The Kier molecular flexibility index (Phi) is 6.25. The molecule has 3 aromatic rings. The first-order valence-corrected chi connectivity index (χ1v) is 9.10. The highest BCUT2D eigenvalue weighted by molar-refractivity contribution is 5.66. The fraction of sp³-hybridized carbons (Fsp3) is 0.182. The standard InChI is InChI=1S/C22H19F3N2O3/c1-15(16-9-4-2-5-10-16)27(21(28)29)20(22(23,24)25)18-13-8-14-19(26-18)30-17-11-6-3-7-12-17/h2-15,20H,1H3,(H,28,29)/t15-,20+/m1/s1. The number of rotatable bonds is 6. The normalized spacial score (nSPS) is 13.3. The smallest absolute Gasteiger partial charge is 0.414 e. The van der Waals surface area contributed by atoms with Crippen molar-refractivity contribution < 1.29 is 27.8 Å². The van der Waals surface area contributed by atoms with Crippen molar-refractivity contribution in [3.63, 3.8) is 0 Å². The number of carboxylic acid groups (broad SMARTS) is 1. The van der Waals surface area contributed by atoms with E-state index in [1.54, 1.807) is 60.7 Å². The molecule has 5 nitrogen and oxygen atoms in total. The molecule has 0 aliphatic carbocycles. The maximum absolute atomic E-state index is 14.1. The molecule has 0 spiro atoms. The van der Waals surface area contributed by atoms with Crippen LogP contribution in [0, 0.1) is 0 Å². The van der Waals surface area contributed by atoms with Gasteiger partial charge in [0.2, 0.25) is 5.88 Å². The molecule has 0 aliphatic heterocycles. The predicted molar refractivity (Wildman–Crippen MR) is 104 cm³/mol. The molecule has 1 N–H and O–H groups in total. The number of amides is 1. The third-order valence-corrected chi connectivity index (χ3v) is 4.50. The van der Waals surface area contributed by atoms with Gasteiger partial charge in [0.1, 0.15) is 5.75 Å². The van der Waals surface area contributed by atoms with E-state index in [1.165, 1.54) is 19.1 Å². The Balaban J connectivity index is 2.01. The van der Waals surface area contributed by atoms with Crippen LogP contribution in [0.2, 0.25) is 0 Å². The SMILES string of the molecule is C[C@H](c1ccccc1)N(C(=O)O)[C@@H](c1cccc(Oc2ccccc2)n1)C(F)(F)F. The predicted octanol–water partition coefficient (Wildman–Crippen LogP) is 6.22. The third-order valence-electron chi connectivity index (χ3n) is 4.50. The molecule has 0 fully saturated rings. The van der Waals surface area contributed by atoms with Crippen LogP contribution in [0.5, 0.6) is 11.6 Å². The molecule has 0 unspecified atom stereocenters. The van der Waals surface area contributed by atoms with Gasteiger partial charge in [-0.3, -0.25) is 4.90 Å². The van der Waals surface area contributed by atoms with Crippen LogP contribution in [0.3, 0.4) is 0 Å². The highest BCUT2D eigenvalue weighted by Crippen LogP contribution is 2.41. The van der Waals surface area contributed by atoms with Crippen LogP contribution in [-0.4, -0.2) is 27.3 Å². The molecule has 1 aromatic heterocycles. The Morgan fingerprint density at radius 1 is 0.967 bits per heavy atom. The van der Waals surface area contributed by atoms with Gasteiger partial charge in [0.05, 0.1) is 11.7 Å². The van der Waals surface area contributed by atoms with Crippen molar-refractivity contribution in [1.82, 2.24) is 9.88 Å². The molecule has 2 aromatic carbocycles. The molecule has 8 heteroatoms. The molecule has 0 radical (unpaired) electrons. The molecule has 0 aliphatic rings. The van der Waals surface area contributed by atoms with E-state index in [1.807, 2.05) is 0 Å². The van der Waals surface area contributed by atoms with Gasteiger partial charge in [0, 0.05) is 6.07 Å². The van der Waals surface area contributed by atoms with E-state index < -0.39 is 30.0 Å². The van der Waals surface area contributed by atoms with Crippen molar-refractivity contribution in [2.75, 3.05) is 0 Å². The van der Waals surface area contributed by atoms with Crippen LogP contribution in [0.15, 0.2) is 78.9 Å². The van der Waals surface area contributed by atoms with Gasteiger partial charge in [0.15, 0.2) is 6.04 Å². The fourth-order valence-electron chi connectivity index (χ4n) is 3.11. The summed E-state index contributed by atoms with van der Waals surface area (Å²) in [5.41, 5.74) is -0.0352. The summed E-state index contributed by atoms with van der Waals surface area (Å²) in [5, 5.41) is 9.67. The summed E-state index contributed by atoms with van der Waals surface area (Å²) in [6, 6.07) is 17.0. The van der Waals surface area contributed by atoms with Gasteiger partial charge >= 0.3 is 12.3 Å². The van der Waals surface area contributed by atoms with Crippen LogP contribution in [-0.2, 0) is 0 Å². The Hall–Kier alpha value is -3.55. The lowest BCUT2D eigenvalue weighted by molar-refractivity contribution is -0.186. The van der Waals surface area contributed by atoms with E-state index in [-0.39, 0.29) is 5.88 Å². The van der Waals surface area contributed by atoms with E-state index in [9.17, 15) is 23.1 Å². The van der Waals surface area contributed by atoms with Gasteiger partial charge in [-0.2, -0.15) is 13.2 Å². The number of hydrogen-bond donors (Lipinski definition) is 1. The lowest BCUT2D eigenvalue weighted by atomic mass is 10.0. The molecule has 1 amide bonds. The molecule has 30 heavy (non-hydrogen) atoms. The van der Waals surface area contributed by atoms with Crippen molar-refractivity contribution in [3.8, 4) is 11.6 Å². The van der Waals surface area contributed by atoms with E-state index in [0.29, 0.717) is 16.2 Å². The van der Waals surface area contributed by atoms with Gasteiger partial charge in [0.25, 0.3) is 0 Å². The highest BCUT2D eigenvalue weighted by atomic mass is 19.4.